The third-order valence-electron chi connectivity index (χ3n) is 6.07. The highest BCUT2D eigenvalue weighted by molar-refractivity contribution is 8.00. The van der Waals surface area contributed by atoms with E-state index < -0.39 is 5.25 Å². The number of anilines is 1. The average Bonchev–Trinajstić information content (AvgIpc) is 2.78. The number of fused-ring (bicyclic) bond motifs is 1. The van der Waals surface area contributed by atoms with Gasteiger partial charge in [0, 0.05) is 5.69 Å². The highest BCUT2D eigenvalue weighted by Gasteiger charge is 2.21. The van der Waals surface area contributed by atoms with Gasteiger partial charge in [-0.25, -0.2) is 4.98 Å². The van der Waals surface area contributed by atoms with Crippen molar-refractivity contribution in [1.82, 2.24) is 9.55 Å². The summed E-state index contributed by atoms with van der Waals surface area (Å²) in [6, 6.07) is 17.3. The lowest BCUT2D eigenvalue weighted by atomic mass is 10.1. The summed E-state index contributed by atoms with van der Waals surface area (Å²) < 4.78 is 1.62. The van der Waals surface area contributed by atoms with Crippen LogP contribution in [0.3, 0.4) is 0 Å². The Labute approximate surface area is 204 Å². The van der Waals surface area contributed by atoms with Gasteiger partial charge >= 0.3 is 0 Å². The van der Waals surface area contributed by atoms with Gasteiger partial charge < -0.3 is 5.32 Å². The number of para-hydroxylation sites is 1. The molecule has 1 atom stereocenters. The largest absolute Gasteiger partial charge is 0.325 e. The molecule has 0 bridgehead atoms. The second kappa shape index (κ2) is 9.47. The quantitative estimate of drug-likeness (QED) is 0.284. The maximum atomic E-state index is 13.5. The Morgan fingerprint density at radius 3 is 2.26 bits per heavy atom. The molecule has 1 aromatic heterocycles. The Morgan fingerprint density at radius 1 is 0.912 bits per heavy atom. The number of nitrogens with one attached hydrogen (secondary N) is 1. The van der Waals surface area contributed by atoms with Crippen LogP contribution in [0.5, 0.6) is 0 Å². The third-order valence-corrected chi connectivity index (χ3v) is 7.12. The molecule has 1 amide bonds. The first kappa shape index (κ1) is 23.8. The van der Waals surface area contributed by atoms with Crippen LogP contribution in [-0.2, 0) is 4.79 Å². The van der Waals surface area contributed by atoms with E-state index in [1.54, 1.807) is 10.6 Å². The van der Waals surface area contributed by atoms with Gasteiger partial charge in [-0.2, -0.15) is 0 Å². The van der Waals surface area contributed by atoms with Crippen molar-refractivity contribution in [3.63, 3.8) is 0 Å². The van der Waals surface area contributed by atoms with Gasteiger partial charge in [0.15, 0.2) is 5.16 Å². The molecule has 174 valence electrons. The van der Waals surface area contributed by atoms with E-state index in [2.05, 4.69) is 17.4 Å². The maximum Gasteiger partial charge on any atom is 0.266 e. The van der Waals surface area contributed by atoms with Crippen LogP contribution in [0.1, 0.15) is 34.7 Å². The SMILES string of the molecule is Cc1cc(C)c(NC(=O)C(C)Sc2nc3ccccc3c(=O)n2-c2ccc(C)c(C)c2)c(C)c1. The van der Waals surface area contributed by atoms with Gasteiger partial charge in [-0.3, -0.25) is 14.2 Å². The van der Waals surface area contributed by atoms with Crippen molar-refractivity contribution in [1.29, 1.82) is 0 Å². The van der Waals surface area contributed by atoms with Crippen LogP contribution in [0.2, 0.25) is 0 Å². The Bertz CT molecular complexity index is 1450. The third kappa shape index (κ3) is 4.64. The minimum absolute atomic E-state index is 0.130. The van der Waals surface area contributed by atoms with Crippen molar-refractivity contribution in [2.45, 2.75) is 51.9 Å². The van der Waals surface area contributed by atoms with E-state index in [-0.39, 0.29) is 11.5 Å². The number of nitrogens with zero attached hydrogens (tertiary/aromatic N) is 2. The molecule has 4 rings (SSSR count). The Hall–Kier alpha value is -3.38. The fraction of sp³-hybridized carbons (Fsp3) is 0.250. The monoisotopic (exact) mass is 471 g/mol. The van der Waals surface area contributed by atoms with Crippen LogP contribution in [0, 0.1) is 34.6 Å². The van der Waals surface area contributed by atoms with Gasteiger partial charge in [0.1, 0.15) is 0 Å². The molecule has 0 aliphatic carbocycles. The first-order valence-electron chi connectivity index (χ1n) is 11.3. The van der Waals surface area contributed by atoms with Gasteiger partial charge in [-0.05, 0) is 88.1 Å². The summed E-state index contributed by atoms with van der Waals surface area (Å²) in [6.07, 6.45) is 0. The predicted molar refractivity (Wildman–Crippen MR) is 141 cm³/mol. The number of carbonyl (C=O) groups is 1. The second-order valence-electron chi connectivity index (χ2n) is 8.84. The van der Waals surface area contributed by atoms with Crippen molar-refractivity contribution in [3.05, 3.63) is 92.8 Å². The van der Waals surface area contributed by atoms with E-state index in [1.807, 2.05) is 77.9 Å². The van der Waals surface area contributed by atoms with E-state index in [4.69, 9.17) is 4.98 Å². The molecular formula is C28H29N3O2S. The van der Waals surface area contributed by atoms with Gasteiger partial charge in [0.25, 0.3) is 5.56 Å². The first-order valence-corrected chi connectivity index (χ1v) is 12.2. The molecule has 0 fully saturated rings. The van der Waals surface area contributed by atoms with Crippen LogP contribution in [0.25, 0.3) is 16.6 Å². The molecule has 0 aliphatic rings. The lowest BCUT2D eigenvalue weighted by Gasteiger charge is -2.18. The zero-order valence-corrected chi connectivity index (χ0v) is 21.2. The summed E-state index contributed by atoms with van der Waals surface area (Å²) in [5, 5.41) is 3.65. The van der Waals surface area contributed by atoms with Crippen molar-refractivity contribution < 1.29 is 4.79 Å². The minimum atomic E-state index is -0.467. The van der Waals surface area contributed by atoms with Crippen LogP contribution < -0.4 is 10.9 Å². The highest BCUT2D eigenvalue weighted by atomic mass is 32.2. The molecule has 0 radical (unpaired) electrons. The molecule has 1 heterocycles. The molecule has 0 saturated carbocycles. The molecule has 34 heavy (non-hydrogen) atoms. The topological polar surface area (TPSA) is 64.0 Å². The van der Waals surface area contributed by atoms with Gasteiger partial charge in [0.2, 0.25) is 5.91 Å². The van der Waals surface area contributed by atoms with Crippen LogP contribution in [0.4, 0.5) is 5.69 Å². The van der Waals surface area contributed by atoms with Gasteiger partial charge in [-0.15, -0.1) is 0 Å². The molecule has 6 heteroatoms. The van der Waals surface area contributed by atoms with E-state index in [0.29, 0.717) is 16.1 Å². The molecular weight excluding hydrogens is 442 g/mol. The summed E-state index contributed by atoms with van der Waals surface area (Å²) in [7, 11) is 0. The molecule has 1 N–H and O–H groups in total. The molecule has 0 spiro atoms. The molecule has 3 aromatic carbocycles. The fourth-order valence-electron chi connectivity index (χ4n) is 4.10. The number of aromatic nitrogens is 2. The Kier molecular flexibility index (Phi) is 6.62. The van der Waals surface area contributed by atoms with Crippen molar-refractivity contribution >= 4 is 34.3 Å². The van der Waals surface area contributed by atoms with Crippen LogP contribution in [-0.4, -0.2) is 20.7 Å². The van der Waals surface area contributed by atoms with E-state index in [9.17, 15) is 9.59 Å². The molecule has 4 aromatic rings. The molecule has 1 unspecified atom stereocenters. The van der Waals surface area contributed by atoms with Crippen LogP contribution in [0.15, 0.2) is 64.5 Å². The van der Waals surface area contributed by atoms with Crippen molar-refractivity contribution in [3.8, 4) is 5.69 Å². The number of hydrogen-bond acceptors (Lipinski definition) is 4. The second-order valence-corrected chi connectivity index (χ2v) is 10.2. The zero-order valence-electron chi connectivity index (χ0n) is 20.4. The number of amides is 1. The smallest absolute Gasteiger partial charge is 0.266 e. The van der Waals surface area contributed by atoms with Gasteiger partial charge in [-0.1, -0.05) is 47.7 Å². The number of carbonyl (C=O) groups excluding carboxylic acids is 1. The first-order chi connectivity index (χ1) is 16.2. The van der Waals surface area contributed by atoms with Gasteiger partial charge in [0.05, 0.1) is 21.8 Å². The van der Waals surface area contributed by atoms with Crippen molar-refractivity contribution in [2.75, 3.05) is 5.32 Å². The summed E-state index contributed by atoms with van der Waals surface area (Å²) in [4.78, 5) is 31.5. The Morgan fingerprint density at radius 2 is 1.59 bits per heavy atom. The fourth-order valence-corrected chi connectivity index (χ4v) is 5.02. The lowest BCUT2D eigenvalue weighted by molar-refractivity contribution is -0.115. The van der Waals surface area contributed by atoms with Crippen LogP contribution >= 0.6 is 11.8 Å². The molecule has 5 nitrogen and oxygen atoms in total. The van der Waals surface area contributed by atoms with E-state index in [1.165, 1.54) is 11.8 Å². The van der Waals surface area contributed by atoms with E-state index in [0.717, 1.165) is 39.2 Å². The standard InChI is InChI=1S/C28H29N3O2S/c1-16-13-19(4)25(20(5)14-16)30-26(32)21(6)34-28-29-24-10-8-7-9-23(24)27(33)31(28)22-12-11-17(2)18(3)15-22/h7-15,21H,1-6H3,(H,30,32). The molecule has 0 saturated heterocycles. The predicted octanol–water partition coefficient (Wildman–Crippen LogP) is 6.05. The summed E-state index contributed by atoms with van der Waals surface area (Å²) in [5.41, 5.74) is 7.50. The number of aryl methyl sites for hydroxylation is 5. The lowest BCUT2D eigenvalue weighted by Crippen LogP contribution is -2.26. The number of benzene rings is 3. The number of rotatable bonds is 5. The zero-order chi connectivity index (χ0) is 24.6. The number of thioether (sulfide) groups is 1. The molecule has 0 aliphatic heterocycles. The highest BCUT2D eigenvalue weighted by Crippen LogP contribution is 2.28. The Balaban J connectivity index is 1.74. The normalized spacial score (nSPS) is 12.1. The average molecular weight is 472 g/mol. The minimum Gasteiger partial charge on any atom is -0.325 e. The summed E-state index contributed by atoms with van der Waals surface area (Å²) in [5.74, 6) is -0.130. The summed E-state index contributed by atoms with van der Waals surface area (Å²) >= 11 is 1.29. The van der Waals surface area contributed by atoms with E-state index >= 15 is 0 Å². The summed E-state index contributed by atoms with van der Waals surface area (Å²) in [6.45, 7) is 11.9. The number of hydrogen-bond donors (Lipinski definition) is 1. The maximum absolute atomic E-state index is 13.5. The van der Waals surface area contributed by atoms with Crippen molar-refractivity contribution in [2.24, 2.45) is 0 Å².